The maximum atomic E-state index is 13.5. The molecule has 0 bridgehead atoms. The van der Waals surface area contributed by atoms with Crippen LogP contribution >= 0.6 is 0 Å². The van der Waals surface area contributed by atoms with E-state index < -0.39 is 17.7 Å². The van der Waals surface area contributed by atoms with Gasteiger partial charge in [-0.05, 0) is 79.5 Å². The van der Waals surface area contributed by atoms with Crippen molar-refractivity contribution in [2.24, 2.45) is 5.92 Å². The maximum absolute atomic E-state index is 13.5. The predicted octanol–water partition coefficient (Wildman–Crippen LogP) is 6.59. The van der Waals surface area contributed by atoms with E-state index in [2.05, 4.69) is 32.6 Å². The summed E-state index contributed by atoms with van der Waals surface area (Å²) in [5, 5.41) is 11.6. The highest BCUT2D eigenvalue weighted by atomic mass is 16.5. The lowest BCUT2D eigenvalue weighted by Gasteiger charge is -2.28. The van der Waals surface area contributed by atoms with Gasteiger partial charge in [0, 0.05) is 18.7 Å². The van der Waals surface area contributed by atoms with Crippen molar-refractivity contribution in [2.75, 3.05) is 32.8 Å². The molecule has 0 unspecified atom stereocenters. The number of hydrogen-bond acceptors (Lipinski definition) is 6. The number of aliphatic hydroxyl groups is 1. The molecule has 1 amide bonds. The van der Waals surface area contributed by atoms with Gasteiger partial charge in [-0.3, -0.25) is 9.59 Å². The van der Waals surface area contributed by atoms with Gasteiger partial charge in [-0.25, -0.2) is 0 Å². The fourth-order valence-corrected chi connectivity index (χ4v) is 4.99. The van der Waals surface area contributed by atoms with Crippen molar-refractivity contribution in [3.05, 3.63) is 95.1 Å². The molecule has 1 saturated heterocycles. The lowest BCUT2D eigenvalue weighted by molar-refractivity contribution is -0.140. The van der Waals surface area contributed by atoms with Gasteiger partial charge in [-0.2, -0.15) is 0 Å². The minimum Gasteiger partial charge on any atom is -0.507 e. The second-order valence-corrected chi connectivity index (χ2v) is 10.7. The Morgan fingerprint density at radius 3 is 2.32 bits per heavy atom. The van der Waals surface area contributed by atoms with E-state index in [-0.39, 0.29) is 11.3 Å². The number of ether oxygens (including phenoxy) is 2. The van der Waals surface area contributed by atoms with E-state index in [9.17, 15) is 14.7 Å². The minimum atomic E-state index is -0.762. The molecule has 1 heterocycles. The predicted molar refractivity (Wildman–Crippen MR) is 161 cm³/mol. The summed E-state index contributed by atoms with van der Waals surface area (Å²) in [6.45, 7) is 13.4. The van der Waals surface area contributed by atoms with Crippen LogP contribution in [0, 0.1) is 12.8 Å². The summed E-state index contributed by atoms with van der Waals surface area (Å²) in [6, 6.07) is 21.3. The second kappa shape index (κ2) is 13.5. The molecule has 0 radical (unpaired) electrons. The quantitative estimate of drug-likeness (QED) is 0.154. The molecule has 1 aliphatic heterocycles. The van der Waals surface area contributed by atoms with Gasteiger partial charge in [-0.1, -0.05) is 58.0 Å². The number of amides is 1. The zero-order valence-electron chi connectivity index (χ0n) is 24.6. The molecular formula is C34H40N2O5. The molecule has 4 rings (SSSR count). The number of carbonyl (C=O) groups is 2. The van der Waals surface area contributed by atoms with Crippen LogP contribution in [0.25, 0.3) is 5.76 Å². The summed E-state index contributed by atoms with van der Waals surface area (Å²) in [4.78, 5) is 30.7. The Kier molecular flexibility index (Phi) is 9.84. The Morgan fingerprint density at radius 1 is 0.951 bits per heavy atom. The lowest BCUT2D eigenvalue weighted by atomic mass is 9.94. The molecule has 7 heteroatoms. The number of nitrogens with zero attached hydrogens (tertiary/aromatic N) is 2. The average molecular weight is 557 g/mol. The Bertz CT molecular complexity index is 1400. The average Bonchev–Trinajstić information content (AvgIpc) is 3.22. The number of aryl methyl sites for hydroxylation is 1. The third-order valence-electron chi connectivity index (χ3n) is 7.26. The molecule has 1 aliphatic rings. The standard InChI is InChI=1S/C34H40N2O5/c1-6-35(7-2)18-19-36-31(25-12-11-15-28(21-25)41-27-13-9-8-10-14-27)30(33(38)34(36)39)32(37)26-16-17-29(24(5)20-26)40-22-23(3)4/h8-17,20-21,23,31,37H,6-7,18-19,22H2,1-5H3/b32-30+/t31-/m0/s1. The largest absolute Gasteiger partial charge is 0.507 e. The Balaban J connectivity index is 1.76. The fraction of sp³-hybridized carbons (Fsp3) is 0.353. The molecule has 1 N–H and O–H groups in total. The highest BCUT2D eigenvalue weighted by Gasteiger charge is 2.46. The van der Waals surface area contributed by atoms with Crippen molar-refractivity contribution in [1.82, 2.24) is 9.80 Å². The van der Waals surface area contributed by atoms with Crippen LogP contribution in [0.5, 0.6) is 17.2 Å². The lowest BCUT2D eigenvalue weighted by Crippen LogP contribution is -2.38. The van der Waals surface area contributed by atoms with Gasteiger partial charge in [0.2, 0.25) is 0 Å². The van der Waals surface area contributed by atoms with E-state index in [1.165, 1.54) is 0 Å². The zero-order valence-corrected chi connectivity index (χ0v) is 24.6. The topological polar surface area (TPSA) is 79.3 Å². The number of hydrogen-bond donors (Lipinski definition) is 1. The van der Waals surface area contributed by atoms with Crippen LogP contribution in [0.4, 0.5) is 0 Å². The highest BCUT2D eigenvalue weighted by molar-refractivity contribution is 6.46. The summed E-state index contributed by atoms with van der Waals surface area (Å²) in [5.41, 5.74) is 2.05. The molecule has 0 saturated carbocycles. The number of carbonyl (C=O) groups excluding carboxylic acids is 2. The molecule has 3 aromatic carbocycles. The smallest absolute Gasteiger partial charge is 0.295 e. The summed E-state index contributed by atoms with van der Waals surface area (Å²) in [6.07, 6.45) is 0. The molecule has 3 aromatic rings. The van der Waals surface area contributed by atoms with E-state index in [0.29, 0.717) is 48.2 Å². The molecule has 1 atom stereocenters. The van der Waals surface area contributed by atoms with Crippen molar-refractivity contribution in [3.63, 3.8) is 0 Å². The Morgan fingerprint density at radius 2 is 1.66 bits per heavy atom. The third kappa shape index (κ3) is 6.98. The molecule has 0 aromatic heterocycles. The van der Waals surface area contributed by atoms with Gasteiger partial charge in [0.15, 0.2) is 0 Å². The fourth-order valence-electron chi connectivity index (χ4n) is 4.99. The summed E-state index contributed by atoms with van der Waals surface area (Å²) < 4.78 is 12.0. The molecular weight excluding hydrogens is 516 g/mol. The first-order chi connectivity index (χ1) is 19.7. The van der Waals surface area contributed by atoms with E-state index in [0.717, 1.165) is 24.4 Å². The van der Waals surface area contributed by atoms with Crippen LogP contribution in [-0.4, -0.2) is 59.4 Å². The van der Waals surface area contributed by atoms with E-state index in [1.54, 1.807) is 23.1 Å². The van der Waals surface area contributed by atoms with E-state index in [1.807, 2.05) is 61.5 Å². The van der Waals surface area contributed by atoms with E-state index in [4.69, 9.17) is 9.47 Å². The summed E-state index contributed by atoms with van der Waals surface area (Å²) >= 11 is 0. The van der Waals surface area contributed by atoms with Crippen LogP contribution in [0.15, 0.2) is 78.4 Å². The van der Waals surface area contributed by atoms with Crippen LogP contribution in [0.1, 0.15) is 50.4 Å². The van der Waals surface area contributed by atoms with Gasteiger partial charge in [0.25, 0.3) is 11.7 Å². The molecule has 0 spiro atoms. The van der Waals surface area contributed by atoms with Gasteiger partial charge in [0.05, 0.1) is 18.2 Å². The number of para-hydroxylation sites is 1. The van der Waals surface area contributed by atoms with Crippen LogP contribution in [-0.2, 0) is 9.59 Å². The summed E-state index contributed by atoms with van der Waals surface area (Å²) in [5.74, 6) is 0.826. The number of benzene rings is 3. The molecule has 7 nitrogen and oxygen atoms in total. The molecule has 41 heavy (non-hydrogen) atoms. The number of rotatable bonds is 12. The van der Waals surface area contributed by atoms with Gasteiger partial charge >= 0.3 is 0 Å². The monoisotopic (exact) mass is 556 g/mol. The number of ketones is 1. The first-order valence-electron chi connectivity index (χ1n) is 14.3. The second-order valence-electron chi connectivity index (χ2n) is 10.7. The van der Waals surface area contributed by atoms with Crippen LogP contribution < -0.4 is 9.47 Å². The number of Topliss-reactive ketones (excluding diaryl/α,β-unsaturated/α-hetero) is 1. The Hall–Kier alpha value is -4.10. The molecule has 1 fully saturated rings. The third-order valence-corrected chi connectivity index (χ3v) is 7.26. The normalized spacial score (nSPS) is 16.6. The molecule has 0 aliphatic carbocycles. The molecule has 216 valence electrons. The highest BCUT2D eigenvalue weighted by Crippen LogP contribution is 2.41. The Labute approximate surface area is 243 Å². The maximum Gasteiger partial charge on any atom is 0.295 e. The van der Waals surface area contributed by atoms with Crippen molar-refractivity contribution < 1.29 is 24.2 Å². The number of likely N-dealkylation sites (tertiary alicyclic amines) is 1. The number of likely N-dealkylation sites (N-methyl/N-ethyl adjacent to an activating group) is 1. The van der Waals surface area contributed by atoms with Crippen molar-refractivity contribution in [3.8, 4) is 17.2 Å². The van der Waals surface area contributed by atoms with Gasteiger partial charge in [0.1, 0.15) is 23.0 Å². The number of aliphatic hydroxyl groups excluding tert-OH is 1. The van der Waals surface area contributed by atoms with Gasteiger partial charge in [-0.15, -0.1) is 0 Å². The first-order valence-corrected chi connectivity index (χ1v) is 14.3. The van der Waals surface area contributed by atoms with Crippen molar-refractivity contribution >= 4 is 17.4 Å². The zero-order chi connectivity index (χ0) is 29.5. The summed E-state index contributed by atoms with van der Waals surface area (Å²) in [7, 11) is 0. The van der Waals surface area contributed by atoms with Gasteiger partial charge < -0.3 is 24.4 Å². The first kappa shape index (κ1) is 29.9. The van der Waals surface area contributed by atoms with Crippen LogP contribution in [0.2, 0.25) is 0 Å². The van der Waals surface area contributed by atoms with E-state index >= 15 is 0 Å². The van der Waals surface area contributed by atoms with Crippen molar-refractivity contribution in [1.29, 1.82) is 0 Å². The van der Waals surface area contributed by atoms with Crippen molar-refractivity contribution in [2.45, 2.75) is 40.7 Å². The SMILES string of the molecule is CCN(CC)CCN1C(=O)C(=O)/C(=C(/O)c2ccc(OCC(C)C)c(C)c2)[C@@H]1c1cccc(Oc2ccccc2)c1. The van der Waals surface area contributed by atoms with Crippen LogP contribution in [0.3, 0.4) is 0 Å². The minimum absolute atomic E-state index is 0.0710.